The van der Waals surface area contributed by atoms with E-state index in [1.165, 1.54) is 12.1 Å². The zero-order chi connectivity index (χ0) is 18.2. The van der Waals surface area contributed by atoms with Gasteiger partial charge in [-0.3, -0.25) is 25.2 Å². The van der Waals surface area contributed by atoms with Crippen LogP contribution in [0.1, 0.15) is 27.1 Å². The zero-order valence-electron chi connectivity index (χ0n) is 13.0. The molecule has 0 aliphatic rings. The Morgan fingerprint density at radius 3 is 1.72 bits per heavy atom. The van der Waals surface area contributed by atoms with E-state index < -0.39 is 11.8 Å². The molecule has 0 atom stereocenters. The minimum atomic E-state index is -0.463. The molecule has 8 heteroatoms. The maximum Gasteiger partial charge on any atom is 0.269 e. The van der Waals surface area contributed by atoms with Gasteiger partial charge in [-0.15, -0.1) is 0 Å². The average Bonchev–Trinajstić information content (AvgIpc) is 2.60. The molecule has 0 spiro atoms. The number of hydrogen-bond acceptors (Lipinski definition) is 3. The molecule has 0 saturated heterocycles. The van der Waals surface area contributed by atoms with Gasteiger partial charge in [0.2, 0.25) is 5.91 Å². The number of carbonyl (C=O) groups excluding carboxylic acids is 3. The summed E-state index contributed by atoms with van der Waals surface area (Å²) in [6.07, 6.45) is 0.0141. The van der Waals surface area contributed by atoms with Crippen LogP contribution in [0.4, 0.5) is 0 Å². The third kappa shape index (κ3) is 6.10. The predicted octanol–water partition coefficient (Wildman–Crippen LogP) is 2.57. The Kier molecular flexibility index (Phi) is 6.80. The summed E-state index contributed by atoms with van der Waals surface area (Å²) in [6.45, 7) is 0.129. The summed E-state index contributed by atoms with van der Waals surface area (Å²) < 4.78 is 0. The molecular weight excluding hydrogens is 365 g/mol. The van der Waals surface area contributed by atoms with Crippen molar-refractivity contribution in [2.45, 2.75) is 6.42 Å². The van der Waals surface area contributed by atoms with Crippen molar-refractivity contribution in [2.75, 3.05) is 6.54 Å². The van der Waals surface area contributed by atoms with Crippen LogP contribution in [0.2, 0.25) is 10.0 Å². The smallest absolute Gasteiger partial charge is 0.269 e. The first-order chi connectivity index (χ1) is 12.0. The van der Waals surface area contributed by atoms with Crippen LogP contribution in [0.15, 0.2) is 48.5 Å². The van der Waals surface area contributed by atoms with E-state index in [-0.39, 0.29) is 18.9 Å². The number of hydrogen-bond donors (Lipinski definition) is 3. The second-order valence-corrected chi connectivity index (χ2v) is 5.89. The van der Waals surface area contributed by atoms with Gasteiger partial charge in [0.05, 0.1) is 0 Å². The van der Waals surface area contributed by atoms with Gasteiger partial charge in [0.1, 0.15) is 0 Å². The highest BCUT2D eigenvalue weighted by Gasteiger charge is 2.09. The monoisotopic (exact) mass is 379 g/mol. The first-order valence-corrected chi connectivity index (χ1v) is 8.10. The Hall–Kier alpha value is -2.57. The molecule has 0 aliphatic heterocycles. The van der Waals surface area contributed by atoms with Gasteiger partial charge in [0.15, 0.2) is 0 Å². The molecule has 3 N–H and O–H groups in total. The summed E-state index contributed by atoms with van der Waals surface area (Å²) in [5.41, 5.74) is 5.37. The van der Waals surface area contributed by atoms with E-state index in [2.05, 4.69) is 16.2 Å². The quantitative estimate of drug-likeness (QED) is 0.697. The molecule has 0 bridgehead atoms. The number of halogens is 2. The fraction of sp³-hybridized carbons (Fsp3) is 0.118. The third-order valence-corrected chi connectivity index (χ3v) is 3.67. The predicted molar refractivity (Wildman–Crippen MR) is 95.5 cm³/mol. The van der Waals surface area contributed by atoms with Crippen LogP contribution >= 0.6 is 23.2 Å². The Bertz CT molecular complexity index is 762. The van der Waals surface area contributed by atoms with E-state index in [4.69, 9.17) is 23.2 Å². The summed E-state index contributed by atoms with van der Waals surface area (Å²) in [4.78, 5) is 35.3. The van der Waals surface area contributed by atoms with Crippen LogP contribution in [0.25, 0.3) is 0 Å². The Labute approximate surface area is 154 Å². The molecule has 25 heavy (non-hydrogen) atoms. The van der Waals surface area contributed by atoms with Crippen LogP contribution in [-0.4, -0.2) is 24.3 Å². The molecule has 0 saturated carbocycles. The van der Waals surface area contributed by atoms with Gasteiger partial charge in [0, 0.05) is 34.1 Å². The summed E-state index contributed by atoms with van der Waals surface area (Å²) >= 11 is 11.5. The van der Waals surface area contributed by atoms with Crippen molar-refractivity contribution in [1.82, 2.24) is 16.2 Å². The van der Waals surface area contributed by atoms with Gasteiger partial charge in [0.25, 0.3) is 11.8 Å². The number of hydrazine groups is 1. The van der Waals surface area contributed by atoms with E-state index in [1.807, 2.05) is 0 Å². The zero-order valence-corrected chi connectivity index (χ0v) is 14.5. The highest BCUT2D eigenvalue weighted by molar-refractivity contribution is 6.31. The molecule has 2 aromatic rings. The van der Waals surface area contributed by atoms with Crippen LogP contribution in [0.3, 0.4) is 0 Å². The summed E-state index contributed by atoms with van der Waals surface area (Å²) in [5, 5.41) is 3.65. The molecule has 0 heterocycles. The lowest BCUT2D eigenvalue weighted by atomic mass is 10.2. The van der Waals surface area contributed by atoms with E-state index in [1.54, 1.807) is 36.4 Å². The Morgan fingerprint density at radius 2 is 1.20 bits per heavy atom. The van der Waals surface area contributed by atoms with Gasteiger partial charge < -0.3 is 5.32 Å². The van der Waals surface area contributed by atoms with Gasteiger partial charge in [-0.2, -0.15) is 0 Å². The maximum atomic E-state index is 11.8. The molecule has 0 aliphatic carbocycles. The van der Waals surface area contributed by atoms with Crippen molar-refractivity contribution in [1.29, 1.82) is 0 Å². The summed E-state index contributed by atoms with van der Waals surface area (Å²) in [5.74, 6) is -1.20. The Balaban J connectivity index is 1.70. The van der Waals surface area contributed by atoms with Crippen molar-refractivity contribution in [3.63, 3.8) is 0 Å². The highest BCUT2D eigenvalue weighted by atomic mass is 35.5. The number of rotatable bonds is 5. The van der Waals surface area contributed by atoms with Crippen molar-refractivity contribution in [3.8, 4) is 0 Å². The maximum absolute atomic E-state index is 11.8. The summed E-state index contributed by atoms with van der Waals surface area (Å²) in [6, 6.07) is 12.6. The van der Waals surface area contributed by atoms with Crippen LogP contribution in [0, 0.1) is 0 Å². The van der Waals surface area contributed by atoms with Gasteiger partial charge in [-0.05, 0) is 48.5 Å². The molecular formula is C17H15Cl2N3O3. The lowest BCUT2D eigenvalue weighted by molar-refractivity contribution is -0.121. The second-order valence-electron chi connectivity index (χ2n) is 5.02. The van der Waals surface area contributed by atoms with E-state index >= 15 is 0 Å². The molecule has 130 valence electrons. The standard InChI is InChI=1S/C17H15Cl2N3O3/c18-13-5-1-11(2-6-13)16(24)20-10-9-15(23)21-22-17(25)12-3-7-14(19)8-4-12/h1-8H,9-10H2,(H,20,24)(H,21,23)(H,22,25). The molecule has 2 rings (SSSR count). The lowest BCUT2D eigenvalue weighted by Gasteiger charge is -2.08. The normalized spacial score (nSPS) is 10.0. The molecule has 3 amide bonds. The minimum absolute atomic E-state index is 0.0141. The van der Waals surface area contributed by atoms with Crippen molar-refractivity contribution < 1.29 is 14.4 Å². The fourth-order valence-corrected chi connectivity index (χ4v) is 2.11. The van der Waals surface area contributed by atoms with Crippen LogP contribution < -0.4 is 16.2 Å². The molecule has 0 aromatic heterocycles. The SMILES string of the molecule is O=C(CCNC(=O)c1ccc(Cl)cc1)NNC(=O)c1ccc(Cl)cc1. The first-order valence-electron chi connectivity index (χ1n) is 7.34. The van der Waals surface area contributed by atoms with E-state index in [0.29, 0.717) is 21.2 Å². The van der Waals surface area contributed by atoms with Crippen LogP contribution in [-0.2, 0) is 4.79 Å². The number of amides is 3. The summed E-state index contributed by atoms with van der Waals surface area (Å²) in [7, 11) is 0. The highest BCUT2D eigenvalue weighted by Crippen LogP contribution is 2.10. The second kappa shape index (κ2) is 9.05. The minimum Gasteiger partial charge on any atom is -0.352 e. The van der Waals surface area contributed by atoms with Crippen molar-refractivity contribution >= 4 is 40.9 Å². The van der Waals surface area contributed by atoms with Crippen molar-refractivity contribution in [3.05, 3.63) is 69.7 Å². The molecule has 6 nitrogen and oxygen atoms in total. The molecule has 2 aromatic carbocycles. The lowest BCUT2D eigenvalue weighted by Crippen LogP contribution is -2.42. The fourth-order valence-electron chi connectivity index (χ4n) is 1.86. The largest absolute Gasteiger partial charge is 0.352 e. The first kappa shape index (κ1) is 18.8. The Morgan fingerprint density at radius 1 is 0.720 bits per heavy atom. The average molecular weight is 380 g/mol. The number of nitrogens with one attached hydrogen (secondary N) is 3. The molecule has 0 fully saturated rings. The molecule has 0 unspecified atom stereocenters. The molecule has 0 radical (unpaired) electrons. The van der Waals surface area contributed by atoms with Gasteiger partial charge in [-0.1, -0.05) is 23.2 Å². The van der Waals surface area contributed by atoms with Crippen LogP contribution in [0.5, 0.6) is 0 Å². The van der Waals surface area contributed by atoms with Crippen molar-refractivity contribution in [2.24, 2.45) is 0 Å². The van der Waals surface area contributed by atoms with E-state index in [0.717, 1.165) is 0 Å². The van der Waals surface area contributed by atoms with Gasteiger partial charge >= 0.3 is 0 Å². The third-order valence-electron chi connectivity index (χ3n) is 3.17. The van der Waals surface area contributed by atoms with Gasteiger partial charge in [-0.25, -0.2) is 0 Å². The number of carbonyl (C=O) groups is 3. The van der Waals surface area contributed by atoms with E-state index in [9.17, 15) is 14.4 Å². The topological polar surface area (TPSA) is 87.3 Å². The number of benzene rings is 2.